The van der Waals surface area contributed by atoms with Crippen LogP contribution in [-0.4, -0.2) is 47.8 Å². The summed E-state index contributed by atoms with van der Waals surface area (Å²) in [6.07, 6.45) is 6.62. The highest BCUT2D eigenvalue weighted by Crippen LogP contribution is 2.39. The summed E-state index contributed by atoms with van der Waals surface area (Å²) in [6.45, 7) is 11.4. The molecule has 0 saturated carbocycles. The second-order valence-electron chi connectivity index (χ2n) is 14.1. The van der Waals surface area contributed by atoms with Gasteiger partial charge in [0.05, 0.1) is 23.6 Å². The number of rotatable bonds is 11. The van der Waals surface area contributed by atoms with Crippen LogP contribution < -0.4 is 5.32 Å². The average molecular weight is 763 g/mol. The van der Waals surface area contributed by atoms with Crippen molar-refractivity contribution in [3.05, 3.63) is 131 Å². The van der Waals surface area contributed by atoms with Crippen molar-refractivity contribution in [2.75, 3.05) is 0 Å². The Bertz CT molecular complexity index is 2300. The van der Waals surface area contributed by atoms with Crippen molar-refractivity contribution in [2.45, 2.75) is 69.7 Å². The zero-order valence-electron chi connectivity index (χ0n) is 29.4. The van der Waals surface area contributed by atoms with Gasteiger partial charge in [-0.1, -0.05) is 45.0 Å². The van der Waals surface area contributed by atoms with Crippen molar-refractivity contribution in [1.82, 2.24) is 19.2 Å². The molecule has 5 aromatic rings. The maximum Gasteiger partial charge on any atom is 0.269 e. The van der Waals surface area contributed by atoms with Crippen LogP contribution in [0.1, 0.15) is 36.8 Å². The van der Waals surface area contributed by atoms with Gasteiger partial charge < -0.3 is 19.7 Å². The Hall–Kier alpha value is -4.47. The van der Waals surface area contributed by atoms with E-state index in [9.17, 15) is 27.1 Å². The average Bonchev–Trinajstić information content (AvgIpc) is 3.74. The number of halogens is 2. The number of nitrogens with zero attached hydrogens (tertiary/aromatic N) is 3. The predicted molar refractivity (Wildman–Crippen MR) is 201 cm³/mol. The lowest BCUT2D eigenvalue weighted by Crippen LogP contribution is -2.40. The van der Waals surface area contributed by atoms with Gasteiger partial charge >= 0.3 is 0 Å². The molecule has 1 aliphatic heterocycles. The molecule has 272 valence electrons. The third kappa shape index (κ3) is 7.66. The number of aromatic nitrogens is 2. The van der Waals surface area contributed by atoms with E-state index in [4.69, 9.17) is 4.43 Å². The number of carbonyl (C=O) groups excluding carboxylic acids is 1. The molecule has 1 unspecified atom stereocenters. The smallest absolute Gasteiger partial charge is 0.269 e. The first-order chi connectivity index (χ1) is 24.5. The monoisotopic (exact) mass is 762 g/mol. The van der Waals surface area contributed by atoms with Crippen LogP contribution >= 0.6 is 11.3 Å². The molecule has 0 radical (unpaired) electrons. The summed E-state index contributed by atoms with van der Waals surface area (Å²) in [5, 5.41) is 14.5. The lowest BCUT2D eigenvalue weighted by Gasteiger charge is -2.36. The number of nitrogens with one attached hydrogen (secondary N) is 1. The van der Waals surface area contributed by atoms with Crippen LogP contribution in [0.25, 0.3) is 21.5 Å². The van der Waals surface area contributed by atoms with Crippen molar-refractivity contribution in [1.29, 1.82) is 0 Å². The normalized spacial score (nSPS) is 15.3. The summed E-state index contributed by atoms with van der Waals surface area (Å²) >= 11 is 1.39. The molecule has 6 rings (SSSR count). The third-order valence-corrected chi connectivity index (χ3v) is 16.7. The van der Waals surface area contributed by atoms with Crippen LogP contribution in [0, 0.1) is 11.6 Å². The maximum atomic E-state index is 13.9. The van der Waals surface area contributed by atoms with E-state index < -0.39 is 42.1 Å². The van der Waals surface area contributed by atoms with Gasteiger partial charge in [0.25, 0.3) is 15.9 Å². The first-order valence-electron chi connectivity index (χ1n) is 16.6. The first kappa shape index (κ1) is 37.3. The van der Waals surface area contributed by atoms with Crippen molar-refractivity contribution in [3.63, 3.8) is 0 Å². The molecule has 0 fully saturated rings. The van der Waals surface area contributed by atoms with Gasteiger partial charge in [0, 0.05) is 45.8 Å². The Labute approximate surface area is 307 Å². The molecule has 2 N–H and O–H groups in total. The molecule has 3 aromatic heterocycles. The quantitative estimate of drug-likeness (QED) is 0.133. The number of pyridine rings is 1. The molecule has 1 amide bonds. The van der Waals surface area contributed by atoms with E-state index in [0.717, 1.165) is 27.5 Å². The van der Waals surface area contributed by atoms with Crippen LogP contribution in [0.2, 0.25) is 18.1 Å². The Morgan fingerprint density at radius 2 is 1.79 bits per heavy atom. The van der Waals surface area contributed by atoms with Crippen LogP contribution in [0.5, 0.6) is 0 Å². The van der Waals surface area contributed by atoms with Crippen molar-refractivity contribution >= 4 is 46.6 Å². The Morgan fingerprint density at radius 3 is 2.50 bits per heavy atom. The van der Waals surface area contributed by atoms with Gasteiger partial charge in [0.2, 0.25) is 0 Å². The standard InChI is InChI=1S/C38H40F2N4O5S2Si/c1-38(2,3)52(4,5)49-24-26-18-30-31(23-44(35(30)41-20-26)51(47,48)28-10-7-6-8-11-28)34-16-14-27(50-34)21-42-36(45)29-12-9-17-43(37(29)46)22-25-13-15-32(39)33(40)19-25/h6-20,23,37,46H,21-22,24H2,1-5H3,(H,42,45). The Morgan fingerprint density at radius 1 is 1.04 bits per heavy atom. The fourth-order valence-corrected chi connectivity index (χ4v) is 8.72. The van der Waals surface area contributed by atoms with Gasteiger partial charge in [-0.3, -0.25) is 4.79 Å². The van der Waals surface area contributed by atoms with Gasteiger partial charge in [-0.15, -0.1) is 11.3 Å². The van der Waals surface area contributed by atoms with Crippen molar-refractivity contribution in [2.24, 2.45) is 0 Å². The molecular formula is C38H40F2N4O5S2Si. The number of fused-ring (bicyclic) bond motifs is 1. The summed E-state index contributed by atoms with van der Waals surface area (Å²) < 4.78 is 62.5. The molecule has 0 aliphatic carbocycles. The van der Waals surface area contributed by atoms with Crippen LogP contribution in [0.15, 0.2) is 108 Å². The highest BCUT2D eigenvalue weighted by atomic mass is 32.2. The molecule has 1 aliphatic rings. The second kappa shape index (κ2) is 14.5. The van der Waals surface area contributed by atoms with Crippen molar-refractivity contribution in [3.8, 4) is 10.4 Å². The molecule has 0 saturated heterocycles. The summed E-state index contributed by atoms with van der Waals surface area (Å²) in [6, 6.07) is 17.3. The van der Waals surface area contributed by atoms with Gasteiger partial charge in [0.1, 0.15) is 0 Å². The second-order valence-corrected chi connectivity index (χ2v) is 21.9. The number of aliphatic hydroxyl groups is 1. The number of thiophene rings is 1. The lowest BCUT2D eigenvalue weighted by molar-refractivity contribution is -0.119. The fourth-order valence-electron chi connectivity index (χ4n) is 5.44. The largest absolute Gasteiger partial charge is 0.413 e. The zero-order chi connectivity index (χ0) is 37.4. The van der Waals surface area contributed by atoms with E-state index in [0.29, 0.717) is 23.1 Å². The molecule has 9 nitrogen and oxygen atoms in total. The molecule has 2 aromatic carbocycles. The molecule has 0 spiro atoms. The van der Waals surface area contributed by atoms with E-state index >= 15 is 0 Å². The first-order valence-corrected chi connectivity index (χ1v) is 21.8. The number of benzene rings is 2. The summed E-state index contributed by atoms with van der Waals surface area (Å²) in [5.41, 5.74) is 2.30. The minimum atomic E-state index is -3.98. The number of aliphatic hydroxyl groups excluding tert-OH is 1. The Kier molecular flexibility index (Phi) is 10.4. The minimum Gasteiger partial charge on any atom is -0.413 e. The molecule has 14 heteroatoms. The summed E-state index contributed by atoms with van der Waals surface area (Å²) in [4.78, 5) is 21.0. The molecule has 1 atom stereocenters. The van der Waals surface area contributed by atoms with Gasteiger partial charge in [-0.05, 0) is 83.9 Å². The van der Waals surface area contributed by atoms with E-state index in [2.05, 4.69) is 44.2 Å². The molecule has 4 heterocycles. The predicted octanol–water partition coefficient (Wildman–Crippen LogP) is 7.69. The number of allylic oxidation sites excluding steroid dienone is 2. The topological polar surface area (TPSA) is 114 Å². The van der Waals surface area contributed by atoms with Crippen molar-refractivity contribution < 1.29 is 31.5 Å². The fraction of sp³-hybridized carbons (Fsp3) is 0.263. The van der Waals surface area contributed by atoms with E-state index in [-0.39, 0.29) is 34.2 Å². The van der Waals surface area contributed by atoms with Gasteiger partial charge in [-0.2, -0.15) is 0 Å². The number of hydrogen-bond acceptors (Lipinski definition) is 8. The van der Waals surface area contributed by atoms with Crippen LogP contribution in [-0.2, 0) is 38.9 Å². The highest BCUT2D eigenvalue weighted by Gasteiger charge is 2.37. The minimum absolute atomic E-state index is 0.0119. The molecular weight excluding hydrogens is 723 g/mol. The third-order valence-electron chi connectivity index (χ3n) is 9.48. The van der Waals surface area contributed by atoms with Crippen LogP contribution in [0.3, 0.4) is 0 Å². The summed E-state index contributed by atoms with van der Waals surface area (Å²) in [7, 11) is -6.05. The van der Waals surface area contributed by atoms with Gasteiger partial charge in [0.15, 0.2) is 31.8 Å². The zero-order valence-corrected chi connectivity index (χ0v) is 32.1. The van der Waals surface area contributed by atoms with Gasteiger partial charge in [-0.25, -0.2) is 26.2 Å². The number of amides is 1. The van der Waals surface area contributed by atoms with E-state index in [1.54, 1.807) is 55.0 Å². The highest BCUT2D eigenvalue weighted by molar-refractivity contribution is 7.90. The summed E-state index contributed by atoms with van der Waals surface area (Å²) in [5.74, 6) is -2.46. The van der Waals surface area contributed by atoms with E-state index in [1.807, 2.05) is 18.2 Å². The lowest BCUT2D eigenvalue weighted by atomic mass is 10.1. The van der Waals surface area contributed by atoms with Crippen LogP contribution in [0.4, 0.5) is 8.78 Å². The Balaban J connectivity index is 1.24. The SMILES string of the molecule is CC(C)(C)[Si](C)(C)OCc1cnc2c(c1)c(-c1ccc(CNC(=O)C3=CC=CN(Cc4ccc(F)c(F)c4)C3O)s1)cn2S(=O)(=O)c1ccccc1. The number of hydrogen-bond donors (Lipinski definition) is 2. The van der Waals surface area contributed by atoms with E-state index in [1.165, 1.54) is 32.4 Å². The molecule has 52 heavy (non-hydrogen) atoms. The number of carbonyl (C=O) groups is 1. The molecule has 0 bridgehead atoms. The maximum absolute atomic E-state index is 13.9.